The van der Waals surface area contributed by atoms with Gasteiger partial charge in [0.15, 0.2) is 21.3 Å². The van der Waals surface area contributed by atoms with E-state index in [2.05, 4.69) is 4.74 Å². The molecule has 0 saturated carbocycles. The summed E-state index contributed by atoms with van der Waals surface area (Å²) in [6.07, 6.45) is 2.68. The fourth-order valence-corrected chi connectivity index (χ4v) is 2.13. The van der Waals surface area contributed by atoms with Gasteiger partial charge < -0.3 is 14.2 Å². The second-order valence-electron chi connectivity index (χ2n) is 4.27. The van der Waals surface area contributed by atoms with Crippen LogP contribution >= 0.6 is 0 Å². The molecule has 1 rings (SSSR count). The molecule has 0 aliphatic heterocycles. The molecule has 0 aliphatic carbocycles. The number of carbonyl (C=O) groups is 1. The van der Waals surface area contributed by atoms with E-state index in [1.165, 1.54) is 32.4 Å². The molecule has 0 bridgehead atoms. The van der Waals surface area contributed by atoms with Gasteiger partial charge >= 0.3 is 5.97 Å². The molecular weight excluding hydrogens is 296 g/mol. The summed E-state index contributed by atoms with van der Waals surface area (Å²) in [5.41, 5.74) is 0.421. The first-order valence-electron chi connectivity index (χ1n) is 6.05. The third-order valence-corrected chi connectivity index (χ3v) is 3.81. The van der Waals surface area contributed by atoms with Gasteiger partial charge in [-0.3, -0.25) is 0 Å². The van der Waals surface area contributed by atoms with Crippen molar-refractivity contribution in [2.75, 3.05) is 27.1 Å². The number of ether oxygens (including phenoxy) is 3. The van der Waals surface area contributed by atoms with Crippen molar-refractivity contribution >= 4 is 15.8 Å². The summed E-state index contributed by atoms with van der Waals surface area (Å²) < 4.78 is 38.1. The van der Waals surface area contributed by atoms with Gasteiger partial charge in [0.05, 0.1) is 19.1 Å². The van der Waals surface area contributed by atoms with Crippen molar-refractivity contribution in [3.8, 4) is 11.5 Å². The number of hydrogen-bond donors (Lipinski definition) is 0. The van der Waals surface area contributed by atoms with Crippen LogP contribution in [-0.4, -0.2) is 41.5 Å². The number of benzene rings is 1. The molecule has 0 amide bonds. The van der Waals surface area contributed by atoms with Crippen LogP contribution in [0, 0.1) is 0 Å². The van der Waals surface area contributed by atoms with E-state index in [-0.39, 0.29) is 11.5 Å². The lowest BCUT2D eigenvalue weighted by Gasteiger charge is -2.10. The van der Waals surface area contributed by atoms with Crippen LogP contribution in [0.4, 0.5) is 0 Å². The van der Waals surface area contributed by atoms with E-state index in [1.54, 1.807) is 13.0 Å². The molecule has 1 aromatic rings. The van der Waals surface area contributed by atoms with Crippen LogP contribution in [0.1, 0.15) is 6.92 Å². The van der Waals surface area contributed by atoms with Crippen molar-refractivity contribution in [1.82, 2.24) is 0 Å². The molecule has 6 nitrogen and oxygen atoms in total. The second-order valence-corrected chi connectivity index (χ2v) is 6.29. The maximum Gasteiger partial charge on any atom is 0.333 e. The summed E-state index contributed by atoms with van der Waals surface area (Å²) in [5.74, 6) is 0.263. The van der Waals surface area contributed by atoms with E-state index in [0.29, 0.717) is 17.1 Å². The Morgan fingerprint density at radius 3 is 2.43 bits per heavy atom. The zero-order chi connectivity index (χ0) is 16.0. The van der Waals surface area contributed by atoms with Gasteiger partial charge in [-0.15, -0.1) is 0 Å². The fraction of sp³-hybridized carbons (Fsp3) is 0.357. The highest BCUT2D eigenvalue weighted by atomic mass is 32.2. The Labute approximate surface area is 124 Å². The predicted molar refractivity (Wildman–Crippen MR) is 77.4 cm³/mol. The Kier molecular flexibility index (Phi) is 5.78. The van der Waals surface area contributed by atoms with Crippen molar-refractivity contribution in [2.45, 2.75) is 11.8 Å². The third kappa shape index (κ3) is 4.78. The monoisotopic (exact) mass is 314 g/mol. The number of esters is 1. The number of hydrogen-bond acceptors (Lipinski definition) is 6. The van der Waals surface area contributed by atoms with E-state index in [1.807, 2.05) is 0 Å². The quantitative estimate of drug-likeness (QED) is 0.586. The fourth-order valence-electron chi connectivity index (χ4n) is 1.50. The molecule has 0 N–H and O–H groups in total. The van der Waals surface area contributed by atoms with Gasteiger partial charge in [0.25, 0.3) is 0 Å². The highest BCUT2D eigenvalue weighted by Crippen LogP contribution is 2.29. The topological polar surface area (TPSA) is 78.9 Å². The first-order chi connectivity index (χ1) is 9.79. The summed E-state index contributed by atoms with van der Waals surface area (Å²) in [6, 6.07) is 4.34. The minimum Gasteiger partial charge on any atom is -0.493 e. The van der Waals surface area contributed by atoms with Gasteiger partial charge in [0, 0.05) is 17.9 Å². The second kappa shape index (κ2) is 7.12. The minimum atomic E-state index is -3.31. The van der Waals surface area contributed by atoms with Gasteiger partial charge in [-0.05, 0) is 25.1 Å². The van der Waals surface area contributed by atoms with Gasteiger partial charge in [-0.25, -0.2) is 13.2 Å². The van der Waals surface area contributed by atoms with Crippen molar-refractivity contribution in [3.05, 3.63) is 29.8 Å². The average molecular weight is 314 g/mol. The van der Waals surface area contributed by atoms with Gasteiger partial charge in [0.1, 0.15) is 6.61 Å². The summed E-state index contributed by atoms with van der Waals surface area (Å²) >= 11 is 0. The molecule has 0 radical (unpaired) electrons. The first-order valence-corrected chi connectivity index (χ1v) is 7.94. The highest BCUT2D eigenvalue weighted by molar-refractivity contribution is 7.90. The Bertz CT molecular complexity index is 645. The number of carbonyl (C=O) groups excluding carboxylic acids is 1. The molecule has 0 fully saturated rings. The summed E-state index contributed by atoms with van der Waals surface area (Å²) in [6.45, 7) is 1.74. The van der Waals surface area contributed by atoms with Crippen LogP contribution in [-0.2, 0) is 19.4 Å². The molecule has 0 aromatic heterocycles. The van der Waals surface area contributed by atoms with Gasteiger partial charge in [-0.2, -0.15) is 0 Å². The van der Waals surface area contributed by atoms with Gasteiger partial charge in [0.2, 0.25) is 0 Å². The first kappa shape index (κ1) is 17.0. The summed E-state index contributed by atoms with van der Waals surface area (Å²) in [4.78, 5) is 11.3. The smallest absolute Gasteiger partial charge is 0.333 e. The minimum absolute atomic E-state index is 0.134. The van der Waals surface area contributed by atoms with E-state index in [0.717, 1.165) is 6.26 Å². The predicted octanol–water partition coefficient (Wildman–Crippen LogP) is 1.60. The van der Waals surface area contributed by atoms with Crippen molar-refractivity contribution in [3.63, 3.8) is 0 Å². The molecule has 0 spiro atoms. The standard InChI is InChI=1S/C14H18O6S/c1-10(14(15)19-3)7-8-20-12-6-5-11(21(4,16)17)9-13(12)18-2/h5-7,9H,8H2,1-4H3/b10-7+. The Hall–Kier alpha value is -2.02. The molecule has 116 valence electrons. The summed E-state index contributed by atoms with van der Waals surface area (Å²) in [7, 11) is -0.590. The number of rotatable bonds is 6. The van der Waals surface area contributed by atoms with Crippen LogP contribution in [0.3, 0.4) is 0 Å². The molecule has 0 unspecified atom stereocenters. The zero-order valence-corrected chi connectivity index (χ0v) is 13.2. The van der Waals surface area contributed by atoms with E-state index < -0.39 is 15.8 Å². The molecule has 21 heavy (non-hydrogen) atoms. The molecule has 7 heteroatoms. The van der Waals surface area contributed by atoms with Crippen LogP contribution in [0.15, 0.2) is 34.7 Å². The van der Waals surface area contributed by atoms with Crippen molar-refractivity contribution in [1.29, 1.82) is 0 Å². The Morgan fingerprint density at radius 2 is 1.90 bits per heavy atom. The number of methoxy groups -OCH3 is 2. The lowest BCUT2D eigenvalue weighted by atomic mass is 10.3. The van der Waals surface area contributed by atoms with Gasteiger partial charge in [-0.1, -0.05) is 0 Å². The van der Waals surface area contributed by atoms with Crippen LogP contribution < -0.4 is 9.47 Å². The normalized spacial score (nSPS) is 11.9. The molecule has 0 atom stereocenters. The SMILES string of the molecule is COC(=O)/C(C)=C/COc1ccc(S(C)(=O)=O)cc1OC. The lowest BCUT2D eigenvalue weighted by Crippen LogP contribution is -2.05. The third-order valence-electron chi connectivity index (χ3n) is 2.70. The largest absolute Gasteiger partial charge is 0.493 e. The lowest BCUT2D eigenvalue weighted by molar-refractivity contribution is -0.136. The van der Waals surface area contributed by atoms with Crippen LogP contribution in [0.25, 0.3) is 0 Å². The van der Waals surface area contributed by atoms with E-state index in [4.69, 9.17) is 9.47 Å². The van der Waals surface area contributed by atoms with E-state index >= 15 is 0 Å². The zero-order valence-electron chi connectivity index (χ0n) is 12.4. The molecular formula is C14H18O6S. The Morgan fingerprint density at radius 1 is 1.24 bits per heavy atom. The van der Waals surface area contributed by atoms with Crippen LogP contribution in [0.5, 0.6) is 11.5 Å². The Balaban J connectivity index is 2.88. The van der Waals surface area contributed by atoms with Crippen LogP contribution in [0.2, 0.25) is 0 Å². The molecule has 1 aromatic carbocycles. The van der Waals surface area contributed by atoms with Crippen molar-refractivity contribution in [2.24, 2.45) is 0 Å². The van der Waals surface area contributed by atoms with Crippen molar-refractivity contribution < 1.29 is 27.4 Å². The molecule has 0 saturated heterocycles. The summed E-state index contributed by atoms with van der Waals surface area (Å²) in [5, 5.41) is 0. The molecule has 0 heterocycles. The number of sulfone groups is 1. The maximum absolute atomic E-state index is 11.5. The average Bonchev–Trinajstić information content (AvgIpc) is 2.45. The maximum atomic E-state index is 11.5. The molecule has 0 aliphatic rings. The highest BCUT2D eigenvalue weighted by Gasteiger charge is 2.12. The van der Waals surface area contributed by atoms with E-state index in [9.17, 15) is 13.2 Å².